The van der Waals surface area contributed by atoms with Crippen molar-refractivity contribution >= 4 is 11.9 Å². The van der Waals surface area contributed by atoms with Crippen LogP contribution in [0.3, 0.4) is 0 Å². The summed E-state index contributed by atoms with van der Waals surface area (Å²) in [5.74, 6) is 0.447. The summed E-state index contributed by atoms with van der Waals surface area (Å²) < 4.78 is 11.3. The van der Waals surface area contributed by atoms with Crippen LogP contribution in [0.4, 0.5) is 0 Å². The van der Waals surface area contributed by atoms with Gasteiger partial charge in [0.1, 0.15) is 6.10 Å². The number of carbonyl (C=O) groups is 2. The van der Waals surface area contributed by atoms with Crippen molar-refractivity contribution in [3.8, 4) is 0 Å². The van der Waals surface area contributed by atoms with Gasteiger partial charge in [-0.3, -0.25) is 9.59 Å². The fourth-order valence-corrected chi connectivity index (χ4v) is 11.4. The smallest absolute Gasteiger partial charge is 0.312 e. The van der Waals surface area contributed by atoms with Gasteiger partial charge in [-0.1, -0.05) is 60.1 Å². The van der Waals surface area contributed by atoms with Gasteiger partial charge in [0.05, 0.1) is 18.6 Å². The zero-order valence-corrected chi connectivity index (χ0v) is 25.4. The second-order valence-corrected chi connectivity index (χ2v) is 16.0. The molecule has 0 aromatic heterocycles. The summed E-state index contributed by atoms with van der Waals surface area (Å²) in [5, 5.41) is 12.0. The third-order valence-corrected chi connectivity index (χ3v) is 13.4. The van der Waals surface area contributed by atoms with Crippen LogP contribution < -0.4 is 0 Å². The summed E-state index contributed by atoms with van der Waals surface area (Å²) in [5.41, 5.74) is 0.754. The fraction of sp³-hybridized carbons (Fsp3) is 0.879. The Balaban J connectivity index is 1.59. The number of rotatable bonds is 2. The molecule has 5 aliphatic carbocycles. The maximum atomic E-state index is 13.4. The van der Waals surface area contributed by atoms with Crippen LogP contribution in [0.2, 0.25) is 0 Å². The van der Waals surface area contributed by atoms with Crippen molar-refractivity contribution in [3.63, 3.8) is 0 Å². The SMILES string of the molecule is COC(=O)C12CCC(C)(C)CC1C1=CCC3C4(C)CCC(OC(C)=O)C(C)(C)C4C(O)CC3(C)C1(C)CC2. The summed E-state index contributed by atoms with van der Waals surface area (Å²) in [7, 11) is 1.56. The molecule has 5 rings (SSSR count). The fourth-order valence-electron chi connectivity index (χ4n) is 11.4. The summed E-state index contributed by atoms with van der Waals surface area (Å²) >= 11 is 0. The molecule has 5 aliphatic rings. The Bertz CT molecular complexity index is 1040. The highest BCUT2D eigenvalue weighted by Gasteiger charge is 2.71. The van der Waals surface area contributed by atoms with E-state index in [4.69, 9.17) is 9.47 Å². The molecule has 0 radical (unpaired) electrons. The standard InChI is InChI=1S/C33H52O5/c1-20(34)38-25-12-13-30(6)24-11-10-21-22-18-28(2,3)14-16-33(22,27(36)37-9)17-15-31(21,7)32(24,8)19-23(35)26(30)29(25,4)5/h10,22-26,35H,11-19H2,1-9H3. The molecule has 5 nitrogen and oxygen atoms in total. The van der Waals surface area contributed by atoms with Gasteiger partial charge in [-0.25, -0.2) is 0 Å². The number of aliphatic hydroxyl groups excluding tert-OH is 1. The van der Waals surface area contributed by atoms with E-state index in [-0.39, 0.29) is 57.0 Å². The summed E-state index contributed by atoms with van der Waals surface area (Å²) in [6.45, 7) is 17.9. The van der Waals surface area contributed by atoms with E-state index >= 15 is 0 Å². The zero-order chi connectivity index (χ0) is 28.1. The molecule has 0 bridgehead atoms. The Hall–Kier alpha value is -1.36. The Morgan fingerprint density at radius 2 is 1.61 bits per heavy atom. The number of allylic oxidation sites excluding steroid dienone is 2. The van der Waals surface area contributed by atoms with Gasteiger partial charge in [-0.15, -0.1) is 0 Å². The molecule has 9 atom stereocenters. The van der Waals surface area contributed by atoms with Crippen LogP contribution in [0, 0.1) is 50.2 Å². The monoisotopic (exact) mass is 528 g/mol. The molecular weight excluding hydrogens is 476 g/mol. The van der Waals surface area contributed by atoms with Gasteiger partial charge < -0.3 is 14.6 Å². The van der Waals surface area contributed by atoms with Gasteiger partial charge >= 0.3 is 11.9 Å². The van der Waals surface area contributed by atoms with Gasteiger partial charge in [0.25, 0.3) is 0 Å². The van der Waals surface area contributed by atoms with E-state index in [0.717, 1.165) is 57.8 Å². The van der Waals surface area contributed by atoms with Crippen LogP contribution in [0.5, 0.6) is 0 Å². The summed E-state index contributed by atoms with van der Waals surface area (Å²) in [4.78, 5) is 25.4. The van der Waals surface area contributed by atoms with Crippen molar-refractivity contribution < 1.29 is 24.2 Å². The minimum atomic E-state index is -0.458. The van der Waals surface area contributed by atoms with Crippen LogP contribution >= 0.6 is 0 Å². The van der Waals surface area contributed by atoms with Crippen molar-refractivity contribution in [1.82, 2.24) is 0 Å². The first kappa shape index (κ1) is 28.2. The van der Waals surface area contributed by atoms with E-state index in [1.165, 1.54) is 12.5 Å². The van der Waals surface area contributed by atoms with Crippen LogP contribution in [-0.2, 0) is 19.1 Å². The number of hydrogen-bond acceptors (Lipinski definition) is 5. The highest BCUT2D eigenvalue weighted by atomic mass is 16.5. The van der Waals surface area contributed by atoms with Crippen LogP contribution in [0.25, 0.3) is 0 Å². The summed E-state index contributed by atoms with van der Waals surface area (Å²) in [6.07, 6.45) is 10.3. The minimum absolute atomic E-state index is 0.0190. The van der Waals surface area contributed by atoms with E-state index in [0.29, 0.717) is 5.92 Å². The minimum Gasteiger partial charge on any atom is -0.469 e. The molecular formula is C33H52O5. The lowest BCUT2D eigenvalue weighted by molar-refractivity contribution is -0.246. The zero-order valence-electron chi connectivity index (χ0n) is 25.4. The van der Waals surface area contributed by atoms with Crippen molar-refractivity contribution in [2.45, 2.75) is 125 Å². The molecule has 0 aliphatic heterocycles. The largest absolute Gasteiger partial charge is 0.469 e. The molecule has 0 aromatic rings. The normalized spacial score (nSPS) is 48.8. The third kappa shape index (κ3) is 3.58. The predicted molar refractivity (Wildman–Crippen MR) is 148 cm³/mol. The Kier molecular flexibility index (Phi) is 6.36. The average molecular weight is 529 g/mol. The lowest BCUT2D eigenvalue weighted by atomic mass is 9.33. The number of methoxy groups -OCH3 is 1. The lowest BCUT2D eigenvalue weighted by Gasteiger charge is -2.72. The molecule has 0 spiro atoms. The van der Waals surface area contributed by atoms with Gasteiger partial charge in [0.2, 0.25) is 0 Å². The van der Waals surface area contributed by atoms with Crippen LogP contribution in [0.1, 0.15) is 113 Å². The highest BCUT2D eigenvalue weighted by molar-refractivity contribution is 5.78. The molecule has 214 valence electrons. The molecule has 4 fully saturated rings. The van der Waals surface area contributed by atoms with Gasteiger partial charge in [0.15, 0.2) is 0 Å². The number of fused-ring (bicyclic) bond motifs is 7. The van der Waals surface area contributed by atoms with Crippen molar-refractivity contribution in [1.29, 1.82) is 0 Å². The average Bonchev–Trinajstić information content (AvgIpc) is 2.80. The third-order valence-electron chi connectivity index (χ3n) is 13.4. The second-order valence-electron chi connectivity index (χ2n) is 16.0. The lowest BCUT2D eigenvalue weighted by Crippen LogP contribution is -2.68. The van der Waals surface area contributed by atoms with E-state index in [2.05, 4.69) is 54.5 Å². The molecule has 5 heteroatoms. The van der Waals surface area contributed by atoms with Crippen LogP contribution in [-0.4, -0.2) is 36.4 Å². The second kappa shape index (κ2) is 8.57. The molecule has 4 saturated carbocycles. The molecule has 0 amide bonds. The number of ether oxygens (including phenoxy) is 2. The molecule has 38 heavy (non-hydrogen) atoms. The first-order chi connectivity index (χ1) is 17.5. The van der Waals surface area contributed by atoms with E-state index < -0.39 is 11.5 Å². The molecule has 1 N–H and O–H groups in total. The highest BCUT2D eigenvalue weighted by Crippen LogP contribution is 2.75. The first-order valence-corrected chi connectivity index (χ1v) is 15.1. The van der Waals surface area contributed by atoms with Gasteiger partial charge in [0, 0.05) is 12.3 Å². The van der Waals surface area contributed by atoms with E-state index in [1.807, 2.05) is 0 Å². The Morgan fingerprint density at radius 1 is 0.947 bits per heavy atom. The van der Waals surface area contributed by atoms with Crippen molar-refractivity contribution in [2.24, 2.45) is 50.2 Å². The van der Waals surface area contributed by atoms with E-state index in [9.17, 15) is 14.7 Å². The Morgan fingerprint density at radius 3 is 2.24 bits per heavy atom. The number of aliphatic hydroxyl groups is 1. The Labute approximate surface area is 230 Å². The quantitative estimate of drug-likeness (QED) is 0.313. The number of hydrogen-bond donors (Lipinski definition) is 1. The molecule has 9 unspecified atom stereocenters. The predicted octanol–water partition coefficient (Wildman–Crippen LogP) is 6.86. The van der Waals surface area contributed by atoms with Crippen molar-refractivity contribution in [3.05, 3.63) is 11.6 Å². The molecule has 0 aromatic carbocycles. The number of esters is 2. The maximum absolute atomic E-state index is 13.4. The maximum Gasteiger partial charge on any atom is 0.312 e. The molecule has 0 saturated heterocycles. The van der Waals surface area contributed by atoms with Gasteiger partial charge in [-0.05, 0) is 97.2 Å². The summed E-state index contributed by atoms with van der Waals surface area (Å²) in [6, 6.07) is 0. The molecule has 0 heterocycles. The number of carbonyl (C=O) groups excluding carboxylic acids is 2. The first-order valence-electron chi connectivity index (χ1n) is 15.1. The van der Waals surface area contributed by atoms with Crippen molar-refractivity contribution in [2.75, 3.05) is 7.11 Å². The topological polar surface area (TPSA) is 72.8 Å². The van der Waals surface area contributed by atoms with Gasteiger partial charge in [-0.2, -0.15) is 0 Å². The van der Waals surface area contributed by atoms with E-state index in [1.54, 1.807) is 7.11 Å². The van der Waals surface area contributed by atoms with Crippen LogP contribution in [0.15, 0.2) is 11.6 Å².